The summed E-state index contributed by atoms with van der Waals surface area (Å²) in [6, 6.07) is 11.6. The molecule has 0 aromatic heterocycles. The van der Waals surface area contributed by atoms with Crippen molar-refractivity contribution in [1.82, 2.24) is 10.6 Å². The van der Waals surface area contributed by atoms with Gasteiger partial charge in [0, 0.05) is 25.7 Å². The van der Waals surface area contributed by atoms with E-state index in [-0.39, 0.29) is 18.3 Å². The van der Waals surface area contributed by atoms with E-state index in [0.717, 1.165) is 17.5 Å². The fourth-order valence-corrected chi connectivity index (χ4v) is 3.42. The van der Waals surface area contributed by atoms with Gasteiger partial charge in [0.15, 0.2) is 5.96 Å². The van der Waals surface area contributed by atoms with Crippen molar-refractivity contribution in [2.75, 3.05) is 24.5 Å². The van der Waals surface area contributed by atoms with E-state index in [0.29, 0.717) is 32.1 Å². The van der Waals surface area contributed by atoms with Gasteiger partial charge in [0.05, 0.1) is 13.2 Å². The van der Waals surface area contributed by atoms with E-state index in [9.17, 15) is 13.9 Å². The summed E-state index contributed by atoms with van der Waals surface area (Å²) in [7, 11) is 0. The van der Waals surface area contributed by atoms with E-state index in [1.165, 1.54) is 18.2 Å². The van der Waals surface area contributed by atoms with Crippen molar-refractivity contribution < 1.29 is 13.9 Å². The van der Waals surface area contributed by atoms with Crippen LogP contribution in [0.4, 0.5) is 14.5 Å². The Morgan fingerprint density at radius 1 is 1.14 bits per heavy atom. The molecular weight excluding hydrogens is 362 g/mol. The second-order valence-electron chi connectivity index (χ2n) is 6.77. The number of benzene rings is 2. The number of aliphatic imine (C=N–C) groups is 1. The van der Waals surface area contributed by atoms with E-state index < -0.39 is 11.6 Å². The molecule has 0 amide bonds. The highest BCUT2D eigenvalue weighted by molar-refractivity contribution is 5.80. The lowest BCUT2D eigenvalue weighted by atomic mass is 10.1. The lowest BCUT2D eigenvalue weighted by Crippen LogP contribution is -2.44. The van der Waals surface area contributed by atoms with Gasteiger partial charge < -0.3 is 20.6 Å². The largest absolute Gasteiger partial charge is 0.392 e. The number of halogens is 2. The maximum Gasteiger partial charge on any atom is 0.191 e. The lowest BCUT2D eigenvalue weighted by Gasteiger charge is -2.21. The third kappa shape index (κ3) is 4.78. The molecule has 0 aliphatic carbocycles. The Bertz CT molecular complexity index is 808. The van der Waals surface area contributed by atoms with Gasteiger partial charge in [0.1, 0.15) is 17.3 Å². The highest BCUT2D eigenvalue weighted by atomic mass is 19.1. The number of rotatable bonds is 6. The molecule has 0 saturated carbocycles. The van der Waals surface area contributed by atoms with E-state index in [4.69, 9.17) is 0 Å². The standard InChI is InChI=1S/C21H26F2N4O/c1-2-24-21(25-12-15-6-3-4-7-16(15)14-28)26-17-10-11-27(13-17)20-18(22)8-5-9-19(20)23/h3-9,17,28H,2,10-14H2,1H3,(H2,24,25,26). The molecule has 1 heterocycles. The molecule has 2 aromatic rings. The smallest absolute Gasteiger partial charge is 0.191 e. The quantitative estimate of drug-likeness (QED) is 0.526. The summed E-state index contributed by atoms with van der Waals surface area (Å²) in [6.45, 7) is 4.16. The molecule has 5 nitrogen and oxygen atoms in total. The zero-order chi connectivity index (χ0) is 19.9. The third-order valence-corrected chi connectivity index (χ3v) is 4.82. The number of anilines is 1. The number of hydrogen-bond donors (Lipinski definition) is 3. The highest BCUT2D eigenvalue weighted by Gasteiger charge is 2.27. The van der Waals surface area contributed by atoms with Crippen LogP contribution >= 0.6 is 0 Å². The first kappa shape index (κ1) is 20.1. The van der Waals surface area contributed by atoms with Crippen LogP contribution in [0.5, 0.6) is 0 Å². The molecule has 150 valence electrons. The van der Waals surface area contributed by atoms with Gasteiger partial charge in [-0.25, -0.2) is 13.8 Å². The van der Waals surface area contributed by atoms with Gasteiger partial charge in [0.2, 0.25) is 0 Å². The van der Waals surface area contributed by atoms with Crippen molar-refractivity contribution in [3.05, 3.63) is 65.2 Å². The zero-order valence-corrected chi connectivity index (χ0v) is 16.0. The first-order valence-corrected chi connectivity index (χ1v) is 9.53. The molecule has 0 radical (unpaired) electrons. The van der Waals surface area contributed by atoms with Crippen LogP contribution in [0.2, 0.25) is 0 Å². The fourth-order valence-electron chi connectivity index (χ4n) is 3.42. The van der Waals surface area contributed by atoms with Crippen molar-refractivity contribution in [2.24, 2.45) is 4.99 Å². The average Bonchev–Trinajstić information content (AvgIpc) is 3.14. The number of guanidine groups is 1. The highest BCUT2D eigenvalue weighted by Crippen LogP contribution is 2.26. The predicted octanol–water partition coefficient (Wildman–Crippen LogP) is 2.79. The first-order valence-electron chi connectivity index (χ1n) is 9.53. The van der Waals surface area contributed by atoms with Crippen molar-refractivity contribution in [3.8, 4) is 0 Å². The van der Waals surface area contributed by atoms with Gasteiger partial charge in [-0.05, 0) is 36.6 Å². The Hall–Kier alpha value is -2.67. The zero-order valence-electron chi connectivity index (χ0n) is 16.0. The van der Waals surface area contributed by atoms with Crippen LogP contribution in [0.15, 0.2) is 47.5 Å². The molecule has 28 heavy (non-hydrogen) atoms. The average molecular weight is 388 g/mol. The van der Waals surface area contributed by atoms with E-state index in [1.807, 2.05) is 31.2 Å². The molecule has 1 unspecified atom stereocenters. The molecule has 0 spiro atoms. The second kappa shape index (κ2) is 9.50. The molecule has 1 aliphatic heterocycles. The monoisotopic (exact) mass is 388 g/mol. The Morgan fingerprint density at radius 3 is 2.54 bits per heavy atom. The molecule has 7 heteroatoms. The fraction of sp³-hybridized carbons (Fsp3) is 0.381. The summed E-state index contributed by atoms with van der Waals surface area (Å²) in [5.41, 5.74) is 1.85. The van der Waals surface area contributed by atoms with E-state index in [1.54, 1.807) is 4.90 Å². The van der Waals surface area contributed by atoms with Crippen molar-refractivity contribution in [1.29, 1.82) is 0 Å². The number of nitrogens with one attached hydrogen (secondary N) is 2. The molecule has 1 atom stereocenters. The van der Waals surface area contributed by atoms with Crippen LogP contribution in [0, 0.1) is 11.6 Å². The van der Waals surface area contributed by atoms with Gasteiger partial charge in [0.25, 0.3) is 0 Å². The topological polar surface area (TPSA) is 59.9 Å². The molecule has 1 aliphatic rings. The minimum atomic E-state index is -0.540. The number of hydrogen-bond acceptors (Lipinski definition) is 3. The Balaban J connectivity index is 1.66. The van der Waals surface area contributed by atoms with Crippen LogP contribution in [0.25, 0.3) is 0 Å². The van der Waals surface area contributed by atoms with Gasteiger partial charge in [-0.3, -0.25) is 0 Å². The molecule has 1 saturated heterocycles. The third-order valence-electron chi connectivity index (χ3n) is 4.82. The lowest BCUT2D eigenvalue weighted by molar-refractivity contribution is 0.280. The summed E-state index contributed by atoms with van der Waals surface area (Å²) in [6.07, 6.45) is 0.755. The van der Waals surface area contributed by atoms with Crippen molar-refractivity contribution >= 4 is 11.6 Å². The maximum atomic E-state index is 14.0. The van der Waals surface area contributed by atoms with Gasteiger partial charge in [-0.15, -0.1) is 0 Å². The summed E-state index contributed by atoms with van der Waals surface area (Å²) in [5, 5.41) is 16.0. The van der Waals surface area contributed by atoms with Gasteiger partial charge in [-0.1, -0.05) is 30.3 Å². The van der Waals surface area contributed by atoms with Crippen LogP contribution in [0.3, 0.4) is 0 Å². The first-order chi connectivity index (χ1) is 13.6. The van der Waals surface area contributed by atoms with Crippen LogP contribution in [-0.4, -0.2) is 36.7 Å². The predicted molar refractivity (Wildman–Crippen MR) is 107 cm³/mol. The van der Waals surface area contributed by atoms with Gasteiger partial charge in [-0.2, -0.15) is 0 Å². The van der Waals surface area contributed by atoms with Gasteiger partial charge >= 0.3 is 0 Å². The summed E-state index contributed by atoms with van der Waals surface area (Å²) < 4.78 is 28.1. The summed E-state index contributed by atoms with van der Waals surface area (Å²) >= 11 is 0. The van der Waals surface area contributed by atoms with Crippen LogP contribution in [0.1, 0.15) is 24.5 Å². The number of nitrogens with zero attached hydrogens (tertiary/aromatic N) is 2. The van der Waals surface area contributed by atoms with E-state index >= 15 is 0 Å². The molecule has 3 N–H and O–H groups in total. The SMILES string of the molecule is CCNC(=NCc1ccccc1CO)NC1CCN(c2c(F)cccc2F)C1. The van der Waals surface area contributed by atoms with Crippen LogP contribution in [-0.2, 0) is 13.2 Å². The molecule has 1 fully saturated rings. The minimum Gasteiger partial charge on any atom is -0.392 e. The Morgan fingerprint density at radius 2 is 1.86 bits per heavy atom. The van der Waals surface area contributed by atoms with E-state index in [2.05, 4.69) is 15.6 Å². The molecule has 3 rings (SSSR count). The molecule has 2 aromatic carbocycles. The number of para-hydroxylation sites is 1. The van der Waals surface area contributed by atoms with Crippen molar-refractivity contribution in [3.63, 3.8) is 0 Å². The summed E-state index contributed by atoms with van der Waals surface area (Å²) in [4.78, 5) is 6.33. The number of aliphatic hydroxyl groups is 1. The van der Waals surface area contributed by atoms with Crippen molar-refractivity contribution in [2.45, 2.75) is 32.5 Å². The maximum absolute atomic E-state index is 14.0. The molecule has 0 bridgehead atoms. The number of aliphatic hydroxyl groups excluding tert-OH is 1. The molecular formula is C21H26F2N4O. The minimum absolute atomic E-state index is 0.0263. The second-order valence-corrected chi connectivity index (χ2v) is 6.77. The normalized spacial score (nSPS) is 17.1. The summed E-state index contributed by atoms with van der Waals surface area (Å²) in [5.74, 6) is -0.431. The van der Waals surface area contributed by atoms with Crippen LogP contribution < -0.4 is 15.5 Å². The Kier molecular flexibility index (Phi) is 6.81. The Labute approximate surface area is 164 Å².